The van der Waals surface area contributed by atoms with E-state index in [4.69, 9.17) is 4.42 Å². The van der Waals surface area contributed by atoms with Crippen LogP contribution in [0, 0.1) is 5.92 Å². The van der Waals surface area contributed by atoms with E-state index in [2.05, 4.69) is 4.98 Å². The van der Waals surface area contributed by atoms with Crippen LogP contribution < -0.4 is 0 Å². The van der Waals surface area contributed by atoms with E-state index in [9.17, 15) is 5.11 Å². The molecule has 0 spiro atoms. The summed E-state index contributed by atoms with van der Waals surface area (Å²) < 4.78 is 5.63. The molecule has 0 radical (unpaired) electrons. The molecule has 2 aromatic rings. The summed E-state index contributed by atoms with van der Waals surface area (Å²) in [6.45, 7) is 0. The highest BCUT2D eigenvalue weighted by molar-refractivity contribution is 5.72. The van der Waals surface area contributed by atoms with Gasteiger partial charge in [0.15, 0.2) is 11.5 Å². The first-order valence-electron chi connectivity index (χ1n) is 6.35. The molecule has 1 aliphatic rings. The van der Waals surface area contributed by atoms with Crippen LogP contribution in [0.3, 0.4) is 0 Å². The van der Waals surface area contributed by atoms with Crippen LogP contribution >= 0.6 is 0 Å². The molecular weight excluding hydrogens is 214 g/mol. The number of aromatic nitrogens is 1. The third-order valence-electron chi connectivity index (χ3n) is 3.67. The predicted molar refractivity (Wildman–Crippen MR) is 65.7 cm³/mol. The Hall–Kier alpha value is -1.35. The molecule has 1 atom stereocenters. The first-order valence-corrected chi connectivity index (χ1v) is 6.35. The van der Waals surface area contributed by atoms with Gasteiger partial charge in [0.2, 0.25) is 0 Å². The second-order valence-electron chi connectivity index (χ2n) is 4.89. The fourth-order valence-electron chi connectivity index (χ4n) is 2.69. The van der Waals surface area contributed by atoms with Crippen molar-refractivity contribution in [3.63, 3.8) is 0 Å². The van der Waals surface area contributed by atoms with E-state index in [0.29, 0.717) is 18.2 Å². The Morgan fingerprint density at radius 3 is 2.82 bits per heavy atom. The van der Waals surface area contributed by atoms with Gasteiger partial charge in [-0.1, -0.05) is 25.0 Å². The molecule has 90 valence electrons. The maximum atomic E-state index is 10.1. The van der Waals surface area contributed by atoms with Crippen LogP contribution in [-0.4, -0.2) is 16.2 Å². The normalized spacial score (nSPS) is 18.9. The zero-order valence-corrected chi connectivity index (χ0v) is 9.80. The second-order valence-corrected chi connectivity index (χ2v) is 4.89. The minimum atomic E-state index is -0.300. The van der Waals surface area contributed by atoms with Crippen molar-refractivity contribution in [2.45, 2.75) is 38.2 Å². The zero-order chi connectivity index (χ0) is 11.7. The summed E-state index contributed by atoms with van der Waals surface area (Å²) in [6.07, 6.45) is 5.01. The van der Waals surface area contributed by atoms with Gasteiger partial charge in [-0.25, -0.2) is 4.98 Å². The number of aliphatic hydroxyl groups is 1. The minimum Gasteiger partial charge on any atom is -0.441 e. The smallest absolute Gasteiger partial charge is 0.198 e. The molecule has 0 saturated heterocycles. The lowest BCUT2D eigenvalue weighted by Crippen LogP contribution is -2.20. The number of benzene rings is 1. The lowest BCUT2D eigenvalue weighted by molar-refractivity contribution is 0.104. The molecule has 17 heavy (non-hydrogen) atoms. The summed E-state index contributed by atoms with van der Waals surface area (Å²) >= 11 is 0. The molecule has 1 aliphatic carbocycles. The van der Waals surface area contributed by atoms with Crippen LogP contribution in [0.5, 0.6) is 0 Å². The van der Waals surface area contributed by atoms with E-state index in [1.54, 1.807) is 0 Å². The number of oxazole rings is 1. The average Bonchev–Trinajstić information content (AvgIpc) is 2.97. The Balaban J connectivity index is 1.75. The fourth-order valence-corrected chi connectivity index (χ4v) is 2.69. The number of fused-ring (bicyclic) bond motifs is 1. The third-order valence-corrected chi connectivity index (χ3v) is 3.67. The maximum absolute atomic E-state index is 10.1. The third kappa shape index (κ3) is 2.20. The Morgan fingerprint density at radius 2 is 2.06 bits per heavy atom. The highest BCUT2D eigenvalue weighted by Crippen LogP contribution is 2.29. The van der Waals surface area contributed by atoms with Crippen molar-refractivity contribution in [2.75, 3.05) is 0 Å². The lowest BCUT2D eigenvalue weighted by atomic mass is 9.98. The lowest BCUT2D eigenvalue weighted by Gasteiger charge is -2.15. The molecule has 1 aromatic heterocycles. The number of hydrogen-bond donors (Lipinski definition) is 1. The van der Waals surface area contributed by atoms with Crippen molar-refractivity contribution in [3.05, 3.63) is 30.2 Å². The fraction of sp³-hybridized carbons (Fsp3) is 0.500. The maximum Gasteiger partial charge on any atom is 0.198 e. The predicted octanol–water partition coefficient (Wildman–Crippen LogP) is 2.92. The van der Waals surface area contributed by atoms with Crippen LogP contribution in [0.2, 0.25) is 0 Å². The van der Waals surface area contributed by atoms with Gasteiger partial charge >= 0.3 is 0 Å². The van der Waals surface area contributed by atoms with Gasteiger partial charge in [0.25, 0.3) is 0 Å². The largest absolute Gasteiger partial charge is 0.441 e. The van der Waals surface area contributed by atoms with Gasteiger partial charge in [-0.15, -0.1) is 0 Å². The molecule has 0 aliphatic heterocycles. The number of hydrogen-bond acceptors (Lipinski definition) is 3. The molecule has 3 heteroatoms. The standard InChI is InChI=1S/C14H17NO2/c16-12(10-5-1-2-6-10)9-14-15-11-7-3-4-8-13(11)17-14/h3-4,7-8,10,12,16H,1-2,5-6,9H2. The van der Waals surface area contributed by atoms with Crippen molar-refractivity contribution in [2.24, 2.45) is 5.92 Å². The molecule has 3 nitrogen and oxygen atoms in total. The SMILES string of the molecule is OC(Cc1nc2ccccc2o1)C1CCCC1. The molecule has 1 saturated carbocycles. The van der Waals surface area contributed by atoms with Crippen LogP contribution in [0.4, 0.5) is 0 Å². The van der Waals surface area contributed by atoms with Gasteiger partial charge < -0.3 is 9.52 Å². The van der Waals surface area contributed by atoms with Gasteiger partial charge in [0, 0.05) is 0 Å². The Morgan fingerprint density at radius 1 is 1.29 bits per heavy atom. The number of nitrogens with zero attached hydrogens (tertiary/aromatic N) is 1. The molecular formula is C14H17NO2. The van der Waals surface area contributed by atoms with E-state index in [1.165, 1.54) is 12.8 Å². The summed E-state index contributed by atoms with van der Waals surface area (Å²) in [7, 11) is 0. The molecule has 1 aromatic carbocycles. The van der Waals surface area contributed by atoms with Gasteiger partial charge in [0.1, 0.15) is 5.52 Å². The zero-order valence-electron chi connectivity index (χ0n) is 9.80. The number of aliphatic hydroxyl groups excluding tert-OH is 1. The highest BCUT2D eigenvalue weighted by Gasteiger charge is 2.24. The van der Waals surface area contributed by atoms with Crippen molar-refractivity contribution >= 4 is 11.1 Å². The van der Waals surface area contributed by atoms with E-state index < -0.39 is 0 Å². The van der Waals surface area contributed by atoms with Crippen molar-refractivity contribution in [3.8, 4) is 0 Å². The van der Waals surface area contributed by atoms with Crippen LogP contribution in [-0.2, 0) is 6.42 Å². The van der Waals surface area contributed by atoms with Crippen LogP contribution in [0.15, 0.2) is 28.7 Å². The van der Waals surface area contributed by atoms with E-state index in [0.717, 1.165) is 23.9 Å². The van der Waals surface area contributed by atoms with Gasteiger partial charge in [-0.3, -0.25) is 0 Å². The molecule has 1 heterocycles. The molecule has 1 fully saturated rings. The Labute approximate surface area is 100 Å². The quantitative estimate of drug-likeness (QED) is 0.883. The summed E-state index contributed by atoms with van der Waals surface area (Å²) in [6, 6.07) is 7.73. The molecule has 3 rings (SSSR count). The van der Waals surface area contributed by atoms with E-state index >= 15 is 0 Å². The second kappa shape index (κ2) is 4.49. The Kier molecular flexibility index (Phi) is 2.85. The van der Waals surface area contributed by atoms with Gasteiger partial charge in [0.05, 0.1) is 12.5 Å². The topological polar surface area (TPSA) is 46.3 Å². The van der Waals surface area contributed by atoms with Gasteiger partial charge in [-0.05, 0) is 30.9 Å². The average molecular weight is 231 g/mol. The monoisotopic (exact) mass is 231 g/mol. The van der Waals surface area contributed by atoms with Crippen LogP contribution in [0.25, 0.3) is 11.1 Å². The summed E-state index contributed by atoms with van der Waals surface area (Å²) in [5.41, 5.74) is 1.68. The molecule has 0 bridgehead atoms. The minimum absolute atomic E-state index is 0.300. The first-order chi connectivity index (χ1) is 8.33. The first kappa shape index (κ1) is 10.8. The molecule has 1 N–H and O–H groups in total. The number of rotatable bonds is 3. The van der Waals surface area contributed by atoms with Crippen LogP contribution in [0.1, 0.15) is 31.6 Å². The van der Waals surface area contributed by atoms with Crippen molar-refractivity contribution < 1.29 is 9.52 Å². The van der Waals surface area contributed by atoms with E-state index in [-0.39, 0.29) is 6.10 Å². The number of para-hydroxylation sites is 2. The summed E-state index contributed by atoms with van der Waals surface area (Å²) in [5, 5.41) is 10.1. The Bertz CT molecular complexity index is 467. The van der Waals surface area contributed by atoms with Gasteiger partial charge in [-0.2, -0.15) is 0 Å². The highest BCUT2D eigenvalue weighted by atomic mass is 16.4. The molecule has 1 unspecified atom stereocenters. The van der Waals surface area contributed by atoms with Crippen molar-refractivity contribution in [1.29, 1.82) is 0 Å². The summed E-state index contributed by atoms with van der Waals surface area (Å²) in [5.74, 6) is 1.09. The summed E-state index contributed by atoms with van der Waals surface area (Å²) in [4.78, 5) is 4.40. The van der Waals surface area contributed by atoms with E-state index in [1.807, 2.05) is 24.3 Å². The van der Waals surface area contributed by atoms with Crippen molar-refractivity contribution in [1.82, 2.24) is 4.98 Å². The molecule has 0 amide bonds.